The Morgan fingerprint density at radius 3 is 3.06 bits per heavy atom. The van der Waals surface area contributed by atoms with E-state index >= 15 is 0 Å². The highest BCUT2D eigenvalue weighted by atomic mass is 16.5. The molecule has 3 heteroatoms. The van der Waals surface area contributed by atoms with Crippen LogP contribution in [0.3, 0.4) is 0 Å². The minimum Gasteiger partial charge on any atom is -0.461 e. The first kappa shape index (κ1) is 9.89. The quantitative estimate of drug-likeness (QED) is 0.690. The molecule has 0 N–H and O–H groups in total. The molecule has 1 saturated carbocycles. The highest BCUT2D eigenvalue weighted by molar-refractivity contribution is 6.03. The number of ether oxygens (including phenoxy) is 1. The predicted octanol–water partition coefficient (Wildman–Crippen LogP) is 3.11. The zero-order valence-electron chi connectivity index (χ0n) is 10.2. The molecule has 1 saturated heterocycles. The van der Waals surface area contributed by atoms with Gasteiger partial charge in [-0.3, -0.25) is 4.79 Å². The second-order valence-corrected chi connectivity index (χ2v) is 6.51. The molecule has 2 bridgehead atoms. The van der Waals surface area contributed by atoms with Gasteiger partial charge in [-0.15, -0.1) is 0 Å². The molecule has 17 heavy (non-hydrogen) atoms. The largest absolute Gasteiger partial charge is 0.461 e. The van der Waals surface area contributed by atoms with Crippen LogP contribution in [-0.2, 0) is 4.74 Å². The summed E-state index contributed by atoms with van der Waals surface area (Å²) in [6, 6.07) is 1.89. The van der Waals surface area contributed by atoms with Crippen LogP contribution in [-0.4, -0.2) is 11.4 Å². The first-order chi connectivity index (χ1) is 8.02. The minimum atomic E-state index is -0.570. The van der Waals surface area contributed by atoms with Crippen LogP contribution in [0.5, 0.6) is 0 Å². The highest BCUT2D eigenvalue weighted by Crippen LogP contribution is 2.62. The molecule has 2 fully saturated rings. The van der Waals surface area contributed by atoms with Crippen LogP contribution >= 0.6 is 0 Å². The van der Waals surface area contributed by atoms with E-state index in [0.29, 0.717) is 11.7 Å². The molecule has 1 spiro atoms. The van der Waals surface area contributed by atoms with E-state index < -0.39 is 5.60 Å². The summed E-state index contributed by atoms with van der Waals surface area (Å²) in [5.41, 5.74) is 0.599. The summed E-state index contributed by atoms with van der Waals surface area (Å²) in [7, 11) is 0. The van der Waals surface area contributed by atoms with Crippen LogP contribution in [0.2, 0.25) is 0 Å². The molecule has 1 aromatic rings. The Bertz CT molecular complexity index is 513. The van der Waals surface area contributed by atoms with Crippen molar-refractivity contribution in [2.75, 3.05) is 0 Å². The lowest BCUT2D eigenvalue weighted by molar-refractivity contribution is -0.0465. The number of hydrogen-bond donors (Lipinski definition) is 0. The van der Waals surface area contributed by atoms with Crippen LogP contribution in [0, 0.1) is 11.3 Å². The van der Waals surface area contributed by atoms with Gasteiger partial charge in [0, 0.05) is 5.56 Å². The number of furan rings is 1. The fraction of sp³-hybridized carbons (Fsp3) is 0.643. The Labute approximate surface area is 100 Å². The Kier molecular flexibility index (Phi) is 1.55. The number of carbonyl (C=O) groups is 1. The predicted molar refractivity (Wildman–Crippen MR) is 60.7 cm³/mol. The number of carbonyl (C=O) groups excluding carboxylic acids is 1. The average molecular weight is 232 g/mol. The van der Waals surface area contributed by atoms with Gasteiger partial charge in [-0.1, -0.05) is 13.8 Å². The van der Waals surface area contributed by atoms with Gasteiger partial charge in [0.25, 0.3) is 0 Å². The number of hydrogen-bond acceptors (Lipinski definition) is 3. The summed E-state index contributed by atoms with van der Waals surface area (Å²) in [6.07, 6.45) is 4.59. The van der Waals surface area contributed by atoms with E-state index in [0.717, 1.165) is 24.8 Å². The van der Waals surface area contributed by atoms with Crippen molar-refractivity contribution < 1.29 is 13.9 Å². The molecule has 3 nitrogen and oxygen atoms in total. The molecule has 4 rings (SSSR count). The molecule has 2 aliphatic heterocycles. The van der Waals surface area contributed by atoms with Gasteiger partial charge >= 0.3 is 0 Å². The molecule has 0 amide bonds. The number of Topliss-reactive ketones (excluding diaryl/α,β-unsaturated/α-hetero) is 1. The summed E-state index contributed by atoms with van der Waals surface area (Å²) in [5, 5.41) is 0. The second kappa shape index (κ2) is 2.66. The van der Waals surface area contributed by atoms with Crippen molar-refractivity contribution in [3.63, 3.8) is 0 Å². The summed E-state index contributed by atoms with van der Waals surface area (Å²) in [5.74, 6) is 1.01. The first-order valence-corrected chi connectivity index (χ1v) is 6.32. The van der Waals surface area contributed by atoms with Crippen molar-refractivity contribution in [2.45, 2.75) is 44.8 Å². The van der Waals surface area contributed by atoms with Gasteiger partial charge in [0.15, 0.2) is 5.76 Å². The third-order valence-electron chi connectivity index (χ3n) is 4.68. The van der Waals surface area contributed by atoms with E-state index in [1.807, 2.05) is 6.07 Å². The lowest BCUT2D eigenvalue weighted by Gasteiger charge is -2.32. The molecule has 1 aromatic heterocycles. The van der Waals surface area contributed by atoms with Crippen LogP contribution in [0.15, 0.2) is 16.7 Å². The molecule has 0 aromatic carbocycles. The topological polar surface area (TPSA) is 39.4 Å². The molecule has 0 unspecified atom stereocenters. The summed E-state index contributed by atoms with van der Waals surface area (Å²) in [4.78, 5) is 12.6. The molecule has 3 atom stereocenters. The monoisotopic (exact) mass is 232 g/mol. The maximum atomic E-state index is 12.6. The maximum absolute atomic E-state index is 12.6. The number of ketones is 1. The van der Waals surface area contributed by atoms with E-state index in [9.17, 15) is 4.79 Å². The lowest BCUT2D eigenvalue weighted by atomic mass is 9.85. The van der Waals surface area contributed by atoms with Crippen molar-refractivity contribution in [3.05, 3.63) is 23.7 Å². The average Bonchev–Trinajstić information content (AvgIpc) is 2.83. The van der Waals surface area contributed by atoms with Crippen molar-refractivity contribution >= 4 is 5.78 Å². The fourth-order valence-electron chi connectivity index (χ4n) is 4.19. The third kappa shape index (κ3) is 1.04. The van der Waals surface area contributed by atoms with Gasteiger partial charge < -0.3 is 9.15 Å². The third-order valence-corrected chi connectivity index (χ3v) is 4.68. The van der Waals surface area contributed by atoms with Crippen molar-refractivity contribution in [3.8, 4) is 0 Å². The van der Waals surface area contributed by atoms with E-state index in [1.54, 1.807) is 6.26 Å². The second-order valence-electron chi connectivity index (χ2n) is 6.51. The number of rotatable bonds is 0. The zero-order chi connectivity index (χ0) is 11.8. The van der Waals surface area contributed by atoms with Gasteiger partial charge in [0.2, 0.25) is 5.78 Å². The number of fused-ring (bicyclic) bond motifs is 3. The highest BCUT2D eigenvalue weighted by Gasteiger charge is 2.65. The van der Waals surface area contributed by atoms with Gasteiger partial charge in [-0.05, 0) is 36.7 Å². The lowest BCUT2D eigenvalue weighted by Crippen LogP contribution is -2.43. The Morgan fingerprint density at radius 2 is 2.24 bits per heavy atom. The summed E-state index contributed by atoms with van der Waals surface area (Å²) < 4.78 is 11.5. The molecule has 3 heterocycles. The molecule has 90 valence electrons. The molecule has 3 aliphatic rings. The molecular formula is C14H16O3. The van der Waals surface area contributed by atoms with E-state index in [2.05, 4.69) is 13.8 Å². The SMILES string of the molecule is CC1(C)C[C@@H]2C[C@@H]3O[C@@]2(C1)C(=O)c1occc13. The smallest absolute Gasteiger partial charge is 0.230 e. The van der Waals surface area contributed by atoms with Crippen LogP contribution < -0.4 is 0 Å². The minimum absolute atomic E-state index is 0.0850. The van der Waals surface area contributed by atoms with Crippen molar-refractivity contribution in [1.29, 1.82) is 0 Å². The Morgan fingerprint density at radius 1 is 1.41 bits per heavy atom. The molecular weight excluding hydrogens is 216 g/mol. The van der Waals surface area contributed by atoms with Crippen LogP contribution in [0.1, 0.15) is 55.3 Å². The van der Waals surface area contributed by atoms with E-state index in [1.165, 1.54) is 0 Å². The van der Waals surface area contributed by atoms with Gasteiger partial charge in [-0.2, -0.15) is 0 Å². The summed E-state index contributed by atoms with van der Waals surface area (Å²) >= 11 is 0. The van der Waals surface area contributed by atoms with Crippen LogP contribution in [0.25, 0.3) is 0 Å². The van der Waals surface area contributed by atoms with Crippen molar-refractivity contribution in [1.82, 2.24) is 0 Å². The maximum Gasteiger partial charge on any atom is 0.230 e. The first-order valence-electron chi connectivity index (χ1n) is 6.32. The van der Waals surface area contributed by atoms with Crippen LogP contribution in [0.4, 0.5) is 0 Å². The Hall–Kier alpha value is -1.09. The standard InChI is InChI=1S/C14H16O3/c1-13(2)6-8-5-10-9-3-4-16-11(9)12(15)14(8,7-13)17-10/h3-4,8,10H,5-7H2,1-2H3/t8-,10-,14+/m0/s1. The molecule has 1 aliphatic carbocycles. The normalized spacial score (nSPS) is 41.4. The Balaban J connectivity index is 1.88. The van der Waals surface area contributed by atoms with Gasteiger partial charge in [0.05, 0.1) is 12.4 Å². The van der Waals surface area contributed by atoms with E-state index in [4.69, 9.17) is 9.15 Å². The zero-order valence-corrected chi connectivity index (χ0v) is 10.2. The summed E-state index contributed by atoms with van der Waals surface area (Å²) in [6.45, 7) is 4.45. The fourth-order valence-corrected chi connectivity index (χ4v) is 4.19. The van der Waals surface area contributed by atoms with Crippen molar-refractivity contribution in [2.24, 2.45) is 11.3 Å². The van der Waals surface area contributed by atoms with E-state index in [-0.39, 0.29) is 17.3 Å². The van der Waals surface area contributed by atoms with Gasteiger partial charge in [0.1, 0.15) is 5.60 Å². The van der Waals surface area contributed by atoms with Gasteiger partial charge in [-0.25, -0.2) is 0 Å². The molecule has 0 radical (unpaired) electrons.